The monoisotopic (exact) mass is 353 g/mol. The topological polar surface area (TPSA) is 86.5 Å². The molecule has 3 aromatic rings. The van der Waals surface area contributed by atoms with E-state index in [1.54, 1.807) is 38.3 Å². The van der Waals surface area contributed by atoms with E-state index in [0.29, 0.717) is 29.6 Å². The lowest BCUT2D eigenvalue weighted by Crippen LogP contribution is -2.12. The SMILES string of the molecule is COCc1cccc(NC(=O)c2ccc(OCc3noc(C)n3)cc2)c1. The fourth-order valence-corrected chi connectivity index (χ4v) is 2.36. The maximum absolute atomic E-state index is 12.4. The maximum Gasteiger partial charge on any atom is 0.255 e. The van der Waals surface area contributed by atoms with Gasteiger partial charge in [-0.15, -0.1) is 0 Å². The number of aromatic nitrogens is 2. The zero-order chi connectivity index (χ0) is 18.4. The van der Waals surface area contributed by atoms with Crippen LogP contribution in [-0.2, 0) is 18.0 Å². The van der Waals surface area contributed by atoms with Gasteiger partial charge in [-0.05, 0) is 42.0 Å². The van der Waals surface area contributed by atoms with Gasteiger partial charge in [0.2, 0.25) is 11.7 Å². The zero-order valence-electron chi connectivity index (χ0n) is 14.6. The van der Waals surface area contributed by atoms with Crippen molar-refractivity contribution in [2.24, 2.45) is 0 Å². The molecule has 134 valence electrons. The van der Waals surface area contributed by atoms with Crippen LogP contribution in [0, 0.1) is 6.92 Å². The van der Waals surface area contributed by atoms with Crippen LogP contribution in [0.15, 0.2) is 53.1 Å². The average Bonchev–Trinajstić information content (AvgIpc) is 3.06. The van der Waals surface area contributed by atoms with Crippen LogP contribution in [0.25, 0.3) is 0 Å². The van der Waals surface area contributed by atoms with Crippen molar-refractivity contribution >= 4 is 11.6 Å². The van der Waals surface area contributed by atoms with Gasteiger partial charge in [-0.2, -0.15) is 4.98 Å². The zero-order valence-corrected chi connectivity index (χ0v) is 14.6. The van der Waals surface area contributed by atoms with Gasteiger partial charge in [-0.1, -0.05) is 17.3 Å². The Labute approximate surface area is 150 Å². The second-order valence-electron chi connectivity index (χ2n) is 5.63. The molecule has 7 heteroatoms. The molecule has 1 aromatic heterocycles. The smallest absolute Gasteiger partial charge is 0.255 e. The number of rotatable bonds is 7. The number of hydrogen-bond donors (Lipinski definition) is 1. The summed E-state index contributed by atoms with van der Waals surface area (Å²) in [6.45, 7) is 2.42. The molecule has 0 saturated heterocycles. The fourth-order valence-electron chi connectivity index (χ4n) is 2.36. The van der Waals surface area contributed by atoms with Crippen molar-refractivity contribution in [3.8, 4) is 5.75 Å². The third kappa shape index (κ3) is 4.67. The Morgan fingerprint density at radius 2 is 1.96 bits per heavy atom. The van der Waals surface area contributed by atoms with Gasteiger partial charge >= 0.3 is 0 Å². The number of amides is 1. The molecule has 0 bridgehead atoms. The number of methoxy groups -OCH3 is 1. The van der Waals surface area contributed by atoms with E-state index < -0.39 is 0 Å². The van der Waals surface area contributed by atoms with Crippen LogP contribution >= 0.6 is 0 Å². The molecule has 0 radical (unpaired) electrons. The molecule has 26 heavy (non-hydrogen) atoms. The molecule has 1 N–H and O–H groups in total. The van der Waals surface area contributed by atoms with E-state index in [-0.39, 0.29) is 12.5 Å². The van der Waals surface area contributed by atoms with Gasteiger partial charge in [-0.3, -0.25) is 4.79 Å². The van der Waals surface area contributed by atoms with Gasteiger partial charge in [0.15, 0.2) is 6.61 Å². The minimum Gasteiger partial charge on any atom is -0.485 e. The van der Waals surface area contributed by atoms with Crippen molar-refractivity contribution in [1.82, 2.24) is 10.1 Å². The lowest BCUT2D eigenvalue weighted by Gasteiger charge is -2.08. The summed E-state index contributed by atoms with van der Waals surface area (Å²) >= 11 is 0. The summed E-state index contributed by atoms with van der Waals surface area (Å²) in [6, 6.07) is 14.4. The maximum atomic E-state index is 12.4. The van der Waals surface area contributed by atoms with Crippen molar-refractivity contribution in [3.05, 3.63) is 71.4 Å². The minimum absolute atomic E-state index is 0.195. The van der Waals surface area contributed by atoms with Crippen LogP contribution in [-0.4, -0.2) is 23.2 Å². The summed E-state index contributed by atoms with van der Waals surface area (Å²) in [5.74, 6) is 1.39. The van der Waals surface area contributed by atoms with Crippen LogP contribution < -0.4 is 10.1 Å². The third-order valence-electron chi connectivity index (χ3n) is 3.55. The van der Waals surface area contributed by atoms with Gasteiger partial charge in [0, 0.05) is 25.3 Å². The van der Waals surface area contributed by atoms with E-state index in [0.717, 1.165) is 11.3 Å². The molecule has 2 aromatic carbocycles. The molecule has 3 rings (SSSR count). The van der Waals surface area contributed by atoms with E-state index >= 15 is 0 Å². The molecule has 0 atom stereocenters. The molecule has 1 amide bonds. The first-order chi connectivity index (χ1) is 12.6. The summed E-state index contributed by atoms with van der Waals surface area (Å²) in [4.78, 5) is 16.4. The van der Waals surface area contributed by atoms with E-state index in [1.807, 2.05) is 24.3 Å². The van der Waals surface area contributed by atoms with Crippen molar-refractivity contribution in [2.45, 2.75) is 20.1 Å². The van der Waals surface area contributed by atoms with Gasteiger partial charge in [0.25, 0.3) is 5.91 Å². The van der Waals surface area contributed by atoms with Gasteiger partial charge in [0.1, 0.15) is 5.75 Å². The Balaban J connectivity index is 1.58. The van der Waals surface area contributed by atoms with Crippen LogP contribution in [0.2, 0.25) is 0 Å². The predicted molar refractivity (Wildman–Crippen MR) is 94.9 cm³/mol. The van der Waals surface area contributed by atoms with Crippen molar-refractivity contribution < 1.29 is 18.8 Å². The highest BCUT2D eigenvalue weighted by Crippen LogP contribution is 2.16. The molecule has 0 aliphatic rings. The number of benzene rings is 2. The van der Waals surface area contributed by atoms with Gasteiger partial charge < -0.3 is 19.3 Å². The fraction of sp³-hybridized carbons (Fsp3) is 0.211. The highest BCUT2D eigenvalue weighted by molar-refractivity contribution is 6.04. The van der Waals surface area contributed by atoms with E-state index in [2.05, 4.69) is 15.5 Å². The molecule has 0 fully saturated rings. The number of aryl methyl sites for hydroxylation is 1. The van der Waals surface area contributed by atoms with E-state index in [1.165, 1.54) is 0 Å². The summed E-state index contributed by atoms with van der Waals surface area (Å²) in [5.41, 5.74) is 2.24. The Bertz CT molecular complexity index is 875. The number of carbonyl (C=O) groups excluding carboxylic acids is 1. The number of hydrogen-bond acceptors (Lipinski definition) is 6. The molecule has 1 heterocycles. The van der Waals surface area contributed by atoms with Crippen LogP contribution in [0.4, 0.5) is 5.69 Å². The standard InChI is InChI=1S/C19H19N3O4/c1-13-20-18(22-26-13)12-25-17-8-6-15(7-9-17)19(23)21-16-5-3-4-14(10-16)11-24-2/h3-10H,11-12H2,1-2H3,(H,21,23). The Morgan fingerprint density at radius 3 is 2.65 bits per heavy atom. The molecule has 0 aliphatic carbocycles. The second-order valence-corrected chi connectivity index (χ2v) is 5.63. The summed E-state index contributed by atoms with van der Waals surface area (Å²) in [7, 11) is 1.63. The molecular formula is C19H19N3O4. The number of ether oxygens (including phenoxy) is 2. The third-order valence-corrected chi connectivity index (χ3v) is 3.55. The van der Waals surface area contributed by atoms with E-state index in [4.69, 9.17) is 14.0 Å². The summed E-state index contributed by atoms with van der Waals surface area (Å²) in [6.07, 6.45) is 0. The van der Waals surface area contributed by atoms with Crippen LogP contribution in [0.5, 0.6) is 5.75 Å². The first-order valence-electron chi connectivity index (χ1n) is 8.05. The molecule has 0 saturated carbocycles. The number of carbonyl (C=O) groups is 1. The molecule has 0 unspecified atom stereocenters. The Kier molecular flexibility index (Phi) is 5.60. The van der Waals surface area contributed by atoms with Crippen LogP contribution in [0.1, 0.15) is 27.6 Å². The number of nitrogens with zero attached hydrogens (tertiary/aromatic N) is 2. The predicted octanol–water partition coefficient (Wildman–Crippen LogP) is 3.36. The summed E-state index contributed by atoms with van der Waals surface area (Å²) in [5, 5.41) is 6.63. The van der Waals surface area contributed by atoms with Crippen LogP contribution in [0.3, 0.4) is 0 Å². The van der Waals surface area contributed by atoms with Crippen molar-refractivity contribution in [2.75, 3.05) is 12.4 Å². The highest BCUT2D eigenvalue weighted by Gasteiger charge is 2.08. The Morgan fingerprint density at radius 1 is 1.15 bits per heavy atom. The first-order valence-corrected chi connectivity index (χ1v) is 8.05. The summed E-state index contributed by atoms with van der Waals surface area (Å²) < 4.78 is 15.6. The number of nitrogens with one attached hydrogen (secondary N) is 1. The first kappa shape index (κ1) is 17.6. The molecule has 7 nitrogen and oxygen atoms in total. The largest absolute Gasteiger partial charge is 0.485 e. The Hall–Kier alpha value is -3.19. The minimum atomic E-state index is -0.195. The highest BCUT2D eigenvalue weighted by atomic mass is 16.5. The molecular weight excluding hydrogens is 334 g/mol. The molecule has 0 aliphatic heterocycles. The normalized spacial score (nSPS) is 10.5. The lowest BCUT2D eigenvalue weighted by atomic mass is 10.1. The van der Waals surface area contributed by atoms with E-state index in [9.17, 15) is 4.79 Å². The second kappa shape index (κ2) is 8.26. The van der Waals surface area contributed by atoms with Gasteiger partial charge in [-0.25, -0.2) is 0 Å². The quantitative estimate of drug-likeness (QED) is 0.701. The average molecular weight is 353 g/mol. The molecule has 0 spiro atoms. The van der Waals surface area contributed by atoms with Crippen molar-refractivity contribution in [3.63, 3.8) is 0 Å². The van der Waals surface area contributed by atoms with Gasteiger partial charge in [0.05, 0.1) is 6.61 Å². The number of anilines is 1. The van der Waals surface area contributed by atoms with Crippen molar-refractivity contribution in [1.29, 1.82) is 0 Å². The lowest BCUT2D eigenvalue weighted by molar-refractivity contribution is 0.102.